The van der Waals surface area contributed by atoms with Crippen molar-refractivity contribution in [1.29, 1.82) is 5.26 Å². The molecule has 1 heterocycles. The summed E-state index contributed by atoms with van der Waals surface area (Å²) in [5.41, 5.74) is -1.16. The van der Waals surface area contributed by atoms with Crippen LogP contribution in [0.15, 0.2) is 6.07 Å². The maximum atomic E-state index is 12.7. The molecule has 0 saturated heterocycles. The molecule has 0 fully saturated rings. The van der Waals surface area contributed by atoms with Gasteiger partial charge in [0.1, 0.15) is 5.69 Å². The van der Waals surface area contributed by atoms with Crippen LogP contribution in [-0.2, 0) is 12.3 Å². The second-order valence-electron chi connectivity index (χ2n) is 3.30. The third kappa shape index (κ3) is 4.21. The van der Waals surface area contributed by atoms with E-state index in [9.17, 15) is 22.0 Å². The van der Waals surface area contributed by atoms with Gasteiger partial charge in [0, 0.05) is 11.9 Å². The zero-order chi connectivity index (χ0) is 14.6. The number of rotatable bonds is 4. The fourth-order valence-electron chi connectivity index (χ4n) is 1.37. The van der Waals surface area contributed by atoms with E-state index < -0.39 is 30.8 Å². The van der Waals surface area contributed by atoms with Gasteiger partial charge >= 0.3 is 6.36 Å². The molecule has 0 N–H and O–H groups in total. The Balaban J connectivity index is 3.32. The van der Waals surface area contributed by atoms with Crippen LogP contribution in [0, 0.1) is 11.3 Å². The van der Waals surface area contributed by atoms with E-state index in [1.165, 1.54) is 0 Å². The lowest BCUT2D eigenvalue weighted by Gasteiger charge is -2.14. The minimum absolute atomic E-state index is 0.0484. The highest BCUT2D eigenvalue weighted by molar-refractivity contribution is 6.17. The number of hydrogen-bond acceptors (Lipinski definition) is 3. The smallest absolute Gasteiger partial charge is 0.388 e. The Bertz CT molecular complexity index is 498. The van der Waals surface area contributed by atoms with E-state index in [-0.39, 0.29) is 17.0 Å². The topological polar surface area (TPSA) is 45.9 Å². The Morgan fingerprint density at radius 1 is 1.42 bits per heavy atom. The van der Waals surface area contributed by atoms with Gasteiger partial charge in [0.2, 0.25) is 5.88 Å². The third-order valence-corrected chi connectivity index (χ3v) is 2.34. The highest BCUT2D eigenvalue weighted by Gasteiger charge is 2.33. The second kappa shape index (κ2) is 6.02. The highest BCUT2D eigenvalue weighted by atomic mass is 35.5. The zero-order valence-electron chi connectivity index (χ0n) is 9.14. The van der Waals surface area contributed by atoms with E-state index in [1.807, 2.05) is 0 Å². The Morgan fingerprint density at radius 2 is 2.05 bits per heavy atom. The Morgan fingerprint density at radius 3 is 2.47 bits per heavy atom. The molecule has 1 aromatic heterocycles. The van der Waals surface area contributed by atoms with Crippen LogP contribution in [0.25, 0.3) is 0 Å². The number of hydrogen-bond donors (Lipinski definition) is 0. The lowest BCUT2D eigenvalue weighted by molar-refractivity contribution is -0.276. The zero-order valence-corrected chi connectivity index (χ0v) is 9.90. The molecule has 0 amide bonds. The van der Waals surface area contributed by atoms with Crippen LogP contribution >= 0.6 is 11.6 Å². The summed E-state index contributed by atoms with van der Waals surface area (Å²) in [5.74, 6) is -1.37. The summed E-state index contributed by atoms with van der Waals surface area (Å²) in [6.45, 7) is 0. The molecule has 1 aromatic rings. The van der Waals surface area contributed by atoms with Crippen LogP contribution in [0.3, 0.4) is 0 Å². The molecule has 0 saturated carbocycles. The standard InChI is InChI=1S/C10H6ClF5N2O/c11-4-5-3-7(19-10(14,15)16)18-8(9(12)13)6(5)1-2-17/h3,9H,1,4H2. The molecule has 0 radical (unpaired) electrons. The fourth-order valence-corrected chi connectivity index (χ4v) is 1.61. The van der Waals surface area contributed by atoms with E-state index in [0.29, 0.717) is 0 Å². The molecule has 0 aliphatic carbocycles. The maximum absolute atomic E-state index is 12.7. The Labute approximate surface area is 109 Å². The van der Waals surface area contributed by atoms with Gasteiger partial charge in [-0.2, -0.15) is 5.26 Å². The fraction of sp³-hybridized carbons (Fsp3) is 0.400. The molecule has 0 aliphatic heterocycles. The van der Waals surface area contributed by atoms with Crippen LogP contribution in [0.5, 0.6) is 5.88 Å². The number of nitrogens with zero attached hydrogens (tertiary/aromatic N) is 2. The van der Waals surface area contributed by atoms with Crippen molar-refractivity contribution in [2.24, 2.45) is 0 Å². The number of nitriles is 1. The summed E-state index contributed by atoms with van der Waals surface area (Å²) < 4.78 is 65.0. The van der Waals surface area contributed by atoms with Crippen LogP contribution in [-0.4, -0.2) is 11.3 Å². The number of pyridine rings is 1. The number of aromatic nitrogens is 1. The maximum Gasteiger partial charge on any atom is 0.574 e. The third-order valence-electron chi connectivity index (χ3n) is 2.05. The highest BCUT2D eigenvalue weighted by Crippen LogP contribution is 2.30. The van der Waals surface area contributed by atoms with Crippen molar-refractivity contribution < 1.29 is 26.7 Å². The molecule has 0 unspecified atom stereocenters. The summed E-state index contributed by atoms with van der Waals surface area (Å²) in [7, 11) is 0. The molecule has 0 atom stereocenters. The van der Waals surface area contributed by atoms with Crippen molar-refractivity contribution in [1.82, 2.24) is 4.98 Å². The largest absolute Gasteiger partial charge is 0.574 e. The lowest BCUT2D eigenvalue weighted by atomic mass is 10.0. The summed E-state index contributed by atoms with van der Waals surface area (Å²) >= 11 is 5.47. The van der Waals surface area contributed by atoms with Gasteiger partial charge in [0.15, 0.2) is 0 Å². The van der Waals surface area contributed by atoms with Gasteiger partial charge in [-0.15, -0.1) is 24.8 Å². The first-order chi connectivity index (χ1) is 8.78. The van der Waals surface area contributed by atoms with Gasteiger partial charge in [-0.3, -0.25) is 0 Å². The summed E-state index contributed by atoms with van der Waals surface area (Å²) in [6, 6.07) is 2.42. The first-order valence-corrected chi connectivity index (χ1v) is 5.31. The van der Waals surface area contributed by atoms with Gasteiger partial charge in [-0.1, -0.05) is 0 Å². The van der Waals surface area contributed by atoms with Crippen molar-refractivity contribution in [2.75, 3.05) is 0 Å². The summed E-state index contributed by atoms with van der Waals surface area (Å²) in [6.07, 6.45) is -8.62. The lowest BCUT2D eigenvalue weighted by Crippen LogP contribution is -2.19. The number of ether oxygens (including phenoxy) is 1. The summed E-state index contributed by atoms with van der Waals surface area (Å²) in [4.78, 5) is 3.08. The Kier molecular flexibility index (Phi) is 4.89. The Hall–Kier alpha value is -1.62. The molecule has 19 heavy (non-hydrogen) atoms. The second-order valence-corrected chi connectivity index (χ2v) is 3.57. The van der Waals surface area contributed by atoms with Crippen molar-refractivity contribution in [3.8, 4) is 11.9 Å². The molecule has 104 valence electrons. The van der Waals surface area contributed by atoms with Gasteiger partial charge < -0.3 is 4.74 Å². The molecular formula is C10H6ClF5N2O. The van der Waals surface area contributed by atoms with Gasteiger partial charge in [0.25, 0.3) is 6.43 Å². The van der Waals surface area contributed by atoms with Crippen molar-refractivity contribution in [3.63, 3.8) is 0 Å². The molecule has 0 spiro atoms. The predicted octanol–water partition coefficient (Wildman–Crippen LogP) is 3.72. The van der Waals surface area contributed by atoms with E-state index in [1.54, 1.807) is 6.07 Å². The molecule has 9 heteroatoms. The average Bonchev–Trinajstić information content (AvgIpc) is 2.28. The van der Waals surface area contributed by atoms with Crippen LogP contribution in [0.2, 0.25) is 0 Å². The monoisotopic (exact) mass is 300 g/mol. The molecular weight excluding hydrogens is 295 g/mol. The van der Waals surface area contributed by atoms with E-state index in [2.05, 4.69) is 9.72 Å². The van der Waals surface area contributed by atoms with E-state index >= 15 is 0 Å². The van der Waals surface area contributed by atoms with E-state index in [0.717, 1.165) is 6.07 Å². The molecule has 3 nitrogen and oxygen atoms in total. The molecule has 1 rings (SSSR count). The normalized spacial score (nSPS) is 11.5. The quantitative estimate of drug-likeness (QED) is 0.629. The SMILES string of the molecule is N#CCc1c(CCl)cc(OC(F)(F)F)nc1C(F)F. The van der Waals surface area contributed by atoms with Gasteiger partial charge in [0.05, 0.1) is 12.5 Å². The first-order valence-electron chi connectivity index (χ1n) is 4.78. The molecule has 0 aliphatic rings. The average molecular weight is 301 g/mol. The van der Waals surface area contributed by atoms with E-state index in [4.69, 9.17) is 16.9 Å². The molecule has 0 aromatic carbocycles. The minimum atomic E-state index is -5.05. The van der Waals surface area contributed by atoms with Gasteiger partial charge in [-0.05, 0) is 11.1 Å². The number of alkyl halides is 6. The van der Waals surface area contributed by atoms with Crippen LogP contribution in [0.4, 0.5) is 22.0 Å². The van der Waals surface area contributed by atoms with Crippen molar-refractivity contribution in [2.45, 2.75) is 25.1 Å². The van der Waals surface area contributed by atoms with Crippen molar-refractivity contribution >= 4 is 11.6 Å². The minimum Gasteiger partial charge on any atom is -0.388 e. The number of halogens is 6. The van der Waals surface area contributed by atoms with Crippen molar-refractivity contribution in [3.05, 3.63) is 22.9 Å². The van der Waals surface area contributed by atoms with Gasteiger partial charge in [-0.25, -0.2) is 13.8 Å². The predicted molar refractivity (Wildman–Crippen MR) is 54.8 cm³/mol. The first kappa shape index (κ1) is 15.4. The van der Waals surface area contributed by atoms with Crippen LogP contribution < -0.4 is 4.74 Å². The van der Waals surface area contributed by atoms with Crippen LogP contribution in [0.1, 0.15) is 23.2 Å². The summed E-state index contributed by atoms with van der Waals surface area (Å²) in [5, 5.41) is 8.52. The molecule has 0 bridgehead atoms.